The van der Waals surface area contributed by atoms with Gasteiger partial charge in [0.1, 0.15) is 71.8 Å². The number of carbonyl (C=O) groups is 12. The number of nitrogens with one attached hydrogen (secondary N) is 5. The Balaban J connectivity index is 1.25. The van der Waals surface area contributed by atoms with Crippen LogP contribution in [0.25, 0.3) is 11.1 Å². The summed E-state index contributed by atoms with van der Waals surface area (Å²) in [6, 6.07) is -7.75. The van der Waals surface area contributed by atoms with Crippen molar-refractivity contribution in [1.29, 1.82) is 0 Å². The van der Waals surface area contributed by atoms with Crippen LogP contribution >= 0.6 is 0 Å². The van der Waals surface area contributed by atoms with Crippen LogP contribution in [0.4, 0.5) is 11.4 Å². The fourth-order valence-electron chi connectivity index (χ4n) is 13.8. The molecule has 4 saturated heterocycles. The number of amides is 10. The fourth-order valence-corrected chi connectivity index (χ4v) is 13.8. The van der Waals surface area contributed by atoms with Gasteiger partial charge >= 0.3 is 17.6 Å². The number of rotatable bonds is 13. The van der Waals surface area contributed by atoms with Crippen molar-refractivity contribution in [3.8, 4) is 11.5 Å². The molecule has 0 unspecified atom stereocenters. The molecular weight excluding hydrogens is 1280 g/mol. The van der Waals surface area contributed by atoms with Crippen molar-refractivity contribution in [2.24, 2.45) is 23.7 Å². The fraction of sp³-hybridized carbons (Fsp3) is 0.629. The first-order valence-corrected chi connectivity index (χ1v) is 34.5. The quantitative estimate of drug-likeness (QED) is 0.0932. The van der Waals surface area contributed by atoms with E-state index in [9.17, 15) is 43.2 Å². The zero-order valence-electron chi connectivity index (χ0n) is 60.0. The van der Waals surface area contributed by atoms with E-state index in [4.69, 9.17) is 23.6 Å². The molecule has 5 aliphatic heterocycles. The van der Waals surface area contributed by atoms with Gasteiger partial charge in [0.25, 0.3) is 11.8 Å². The van der Waals surface area contributed by atoms with E-state index in [0.717, 1.165) is 29.1 Å². The van der Waals surface area contributed by atoms with Crippen molar-refractivity contribution in [1.82, 2.24) is 55.7 Å². The zero-order chi connectivity index (χ0) is 73.1. The number of fused-ring (bicyclic) bond motifs is 5. The molecule has 5 N–H and O–H groups in total. The first-order chi connectivity index (χ1) is 46.6. The molecule has 99 heavy (non-hydrogen) atoms. The standard InChI is InChI=1S/C70H98N12O17/c1-18-19-20-21-24-42-68(93)99-59-38(11)58-54(47(53(59)71-42)61(86)76-51-40(13)97-70(95)56(36(8)9)80(17)46(84)32-78(15)65(90)44-26-23-30-82(44)67(92)49(34(4)5)74-63(51)88)72-52-41(28-27-37(10)57(52)98-58)60(85)75-50-39(12)96-69(94)55(35(6)7)79(16)45(83)31-77(14)64(89)43-25-22-29-81(43)66(91)48(33(2)3)73-62(50)87/h27-28,33-36,39-40,43-44,48-51,55-56,72H,18-26,29-32H2,1-17H3,(H,73,87)(H,74,88)(H,75,85)(H,76,86)/t39-,40+,43+,44+,48-,49-,50+,51-,55+,56+/m1/s1. The Kier molecular flexibility index (Phi) is 23.9. The number of hydrogen-bond donors (Lipinski definition) is 5. The minimum atomic E-state index is -1.87. The molecule has 10 atom stereocenters. The lowest BCUT2D eigenvalue weighted by molar-refractivity contribution is -0.163. The minimum Gasteiger partial charge on any atom is -0.458 e. The first-order valence-electron chi connectivity index (χ1n) is 34.5. The molecular formula is C70H98N12O17. The summed E-state index contributed by atoms with van der Waals surface area (Å²) in [6.07, 6.45) is 1.44. The van der Waals surface area contributed by atoms with E-state index in [0.29, 0.717) is 24.8 Å². The van der Waals surface area contributed by atoms with Crippen LogP contribution in [-0.2, 0) is 63.8 Å². The van der Waals surface area contributed by atoms with E-state index >= 15 is 19.2 Å². The highest BCUT2D eigenvalue weighted by molar-refractivity contribution is 6.15. The summed E-state index contributed by atoms with van der Waals surface area (Å²) in [4.78, 5) is 203. The number of esters is 2. The molecule has 8 rings (SSSR count). The average molecular weight is 1380 g/mol. The highest BCUT2D eigenvalue weighted by Gasteiger charge is 2.47. The van der Waals surface area contributed by atoms with E-state index in [-0.39, 0.29) is 83.1 Å². The van der Waals surface area contributed by atoms with Crippen LogP contribution in [0.15, 0.2) is 21.3 Å². The predicted octanol–water partition coefficient (Wildman–Crippen LogP) is 4.01. The molecule has 5 aliphatic rings. The maximum absolute atomic E-state index is 16.0. The Bertz CT molecular complexity index is 3750. The van der Waals surface area contributed by atoms with Gasteiger partial charge in [-0.05, 0) is 102 Å². The van der Waals surface area contributed by atoms with Gasteiger partial charge in [-0.15, -0.1) is 0 Å². The van der Waals surface area contributed by atoms with Gasteiger partial charge in [0.05, 0.1) is 35.6 Å². The van der Waals surface area contributed by atoms with Crippen LogP contribution in [0, 0.1) is 37.5 Å². The van der Waals surface area contributed by atoms with Crippen molar-refractivity contribution in [3.63, 3.8) is 0 Å². The Hall–Kier alpha value is -9.18. The number of anilines is 2. The molecule has 2 aromatic carbocycles. The number of carbonyl (C=O) groups excluding carboxylic acids is 12. The van der Waals surface area contributed by atoms with Crippen LogP contribution in [0.1, 0.15) is 165 Å². The second-order valence-corrected chi connectivity index (χ2v) is 28.3. The number of aryl methyl sites for hydroxylation is 3. The van der Waals surface area contributed by atoms with Crippen LogP contribution in [0.2, 0.25) is 0 Å². The lowest BCUT2D eigenvalue weighted by Gasteiger charge is -2.36. The summed E-state index contributed by atoms with van der Waals surface area (Å²) < 4.78 is 24.9. The molecule has 0 aliphatic carbocycles. The molecule has 6 heterocycles. The number of hydrogen-bond acceptors (Lipinski definition) is 19. The molecule has 4 fully saturated rings. The van der Waals surface area contributed by atoms with Crippen molar-refractivity contribution in [2.75, 3.05) is 59.7 Å². The van der Waals surface area contributed by atoms with E-state index < -0.39 is 180 Å². The van der Waals surface area contributed by atoms with Crippen LogP contribution in [-0.4, -0.2) is 220 Å². The molecule has 0 radical (unpaired) electrons. The minimum absolute atomic E-state index is 0.0191. The summed E-state index contributed by atoms with van der Waals surface area (Å²) in [6.45, 7) is 20.9. The largest absolute Gasteiger partial charge is 0.458 e. The molecule has 0 bridgehead atoms. The van der Waals surface area contributed by atoms with Crippen molar-refractivity contribution in [2.45, 2.75) is 208 Å². The lowest BCUT2D eigenvalue weighted by Crippen LogP contribution is -2.61. The van der Waals surface area contributed by atoms with E-state index in [1.54, 1.807) is 75.3 Å². The summed E-state index contributed by atoms with van der Waals surface area (Å²) in [5.41, 5.74) is -1.52. The Morgan fingerprint density at radius 2 is 1.08 bits per heavy atom. The summed E-state index contributed by atoms with van der Waals surface area (Å²) in [5.74, 6) is -11.8. The summed E-state index contributed by atoms with van der Waals surface area (Å²) in [5, 5.41) is 14.3. The van der Waals surface area contributed by atoms with Gasteiger partial charge in [-0.2, -0.15) is 0 Å². The summed E-state index contributed by atoms with van der Waals surface area (Å²) >= 11 is 0. The molecule has 540 valence electrons. The number of nitrogens with zero attached hydrogens (tertiary/aromatic N) is 7. The summed E-state index contributed by atoms with van der Waals surface area (Å²) in [7, 11) is 5.65. The second-order valence-electron chi connectivity index (χ2n) is 28.3. The van der Waals surface area contributed by atoms with Crippen molar-refractivity contribution in [3.05, 3.63) is 50.5 Å². The number of cyclic esters (lactones) is 2. The molecule has 0 saturated carbocycles. The van der Waals surface area contributed by atoms with Gasteiger partial charge < -0.3 is 74.6 Å². The van der Waals surface area contributed by atoms with E-state index in [1.807, 2.05) is 6.92 Å². The zero-order valence-corrected chi connectivity index (χ0v) is 60.0. The third-order valence-corrected chi connectivity index (χ3v) is 19.5. The SMILES string of the molecule is CCCCCCc1nc2c(C(=O)N[C@H]3C(=O)N[C@H](C(C)C)C(=O)N4CCC[C@H]4C(=O)N(C)CC(=O)N(C)[C@@H](C(C)C)C(=O)O[C@H]3C)c3c(c(C)c2oc1=O)Oc1c(C)ccc(C(=O)N[C@@H]2C(=O)N[C@H](C(C)C)C(=O)N4CCC[C@H]4C(=O)N(C)CC(=O)N(C)[C@@H](C(C)C)C(=O)O[C@@H]2C)c1N3. The molecule has 3 aromatic rings. The smallest absolute Gasteiger partial charge is 0.358 e. The number of benzene rings is 2. The van der Waals surface area contributed by atoms with E-state index in [2.05, 4.69) is 26.6 Å². The van der Waals surface area contributed by atoms with Gasteiger partial charge in [0.15, 0.2) is 17.1 Å². The molecule has 0 spiro atoms. The van der Waals surface area contributed by atoms with Crippen LogP contribution in [0.5, 0.6) is 11.5 Å². The second kappa shape index (κ2) is 31.3. The van der Waals surface area contributed by atoms with Gasteiger partial charge in [0, 0.05) is 46.8 Å². The predicted molar refractivity (Wildman–Crippen MR) is 362 cm³/mol. The Labute approximate surface area is 576 Å². The van der Waals surface area contributed by atoms with Gasteiger partial charge in [-0.3, -0.25) is 47.9 Å². The van der Waals surface area contributed by atoms with Gasteiger partial charge in [-0.25, -0.2) is 19.4 Å². The van der Waals surface area contributed by atoms with Gasteiger partial charge in [-0.1, -0.05) is 87.6 Å². The van der Waals surface area contributed by atoms with E-state index in [1.165, 1.54) is 67.7 Å². The Morgan fingerprint density at radius 1 is 0.606 bits per heavy atom. The maximum atomic E-state index is 16.0. The van der Waals surface area contributed by atoms with Crippen LogP contribution in [0.3, 0.4) is 0 Å². The monoisotopic (exact) mass is 1380 g/mol. The lowest BCUT2D eigenvalue weighted by atomic mass is 9.98. The highest BCUT2D eigenvalue weighted by atomic mass is 16.6. The number of ether oxygens (including phenoxy) is 3. The average Bonchev–Trinajstić information content (AvgIpc) is 1.32. The third-order valence-electron chi connectivity index (χ3n) is 19.5. The third kappa shape index (κ3) is 15.8. The first kappa shape index (κ1) is 75.6. The topological polar surface area (TPSA) is 355 Å². The van der Waals surface area contributed by atoms with Gasteiger partial charge in [0.2, 0.25) is 47.3 Å². The van der Waals surface area contributed by atoms with Crippen LogP contribution < -0.4 is 36.9 Å². The normalized spacial score (nSPS) is 25.1. The molecule has 29 nitrogen and oxygen atoms in total. The maximum Gasteiger partial charge on any atom is 0.358 e. The molecule has 1 aromatic heterocycles. The Morgan fingerprint density at radius 3 is 1.54 bits per heavy atom. The number of likely N-dealkylation sites (N-methyl/N-ethyl adjacent to an activating group) is 4. The number of unbranched alkanes of at least 4 members (excludes halogenated alkanes) is 3. The molecule has 29 heteroatoms. The molecule has 10 amide bonds. The van der Waals surface area contributed by atoms with Crippen molar-refractivity contribution >= 4 is 93.5 Å². The van der Waals surface area contributed by atoms with Crippen molar-refractivity contribution < 1.29 is 76.2 Å². The highest BCUT2D eigenvalue weighted by Crippen LogP contribution is 2.51. The number of aromatic nitrogens is 1.